The van der Waals surface area contributed by atoms with Gasteiger partial charge in [-0.25, -0.2) is 8.42 Å². The number of para-hydroxylation sites is 2. The lowest BCUT2D eigenvalue weighted by Crippen LogP contribution is -2.31. The maximum Gasteiger partial charge on any atom is 0.266 e. The summed E-state index contributed by atoms with van der Waals surface area (Å²) in [5, 5.41) is 5.44. The molecule has 3 aromatic rings. The van der Waals surface area contributed by atoms with Crippen molar-refractivity contribution < 1.29 is 18.0 Å². The Morgan fingerprint density at radius 1 is 1.03 bits per heavy atom. The molecule has 4 rings (SSSR count). The van der Waals surface area contributed by atoms with Gasteiger partial charge in [0.15, 0.2) is 0 Å². The highest BCUT2D eigenvalue weighted by atomic mass is 32.2. The van der Waals surface area contributed by atoms with Crippen LogP contribution in [0.5, 0.6) is 0 Å². The van der Waals surface area contributed by atoms with Crippen LogP contribution < -0.4 is 14.9 Å². The second-order valence-corrected chi connectivity index (χ2v) is 8.88. The van der Waals surface area contributed by atoms with Gasteiger partial charge in [0.1, 0.15) is 4.90 Å². The number of carbonyl (C=O) groups is 2. The highest BCUT2D eigenvalue weighted by Crippen LogP contribution is 2.29. The summed E-state index contributed by atoms with van der Waals surface area (Å²) in [5.41, 5.74) is 2.50. The average Bonchev–Trinajstić information content (AvgIpc) is 3.14. The van der Waals surface area contributed by atoms with Crippen LogP contribution in [0.15, 0.2) is 77.7 Å². The molecule has 0 fully saturated rings. The molecule has 3 aromatic carbocycles. The minimum atomic E-state index is -3.92. The van der Waals surface area contributed by atoms with Crippen molar-refractivity contribution >= 4 is 38.9 Å². The van der Waals surface area contributed by atoms with Crippen molar-refractivity contribution in [2.24, 2.45) is 0 Å². The Morgan fingerprint density at radius 2 is 1.74 bits per heavy atom. The van der Waals surface area contributed by atoms with Gasteiger partial charge in [0.25, 0.3) is 15.9 Å². The van der Waals surface area contributed by atoms with Crippen LogP contribution in [0.1, 0.15) is 22.8 Å². The molecule has 1 aliphatic heterocycles. The van der Waals surface area contributed by atoms with Gasteiger partial charge in [-0.1, -0.05) is 30.3 Å². The first-order chi connectivity index (χ1) is 14.9. The number of anilines is 3. The van der Waals surface area contributed by atoms with E-state index < -0.39 is 15.9 Å². The second kappa shape index (κ2) is 8.23. The number of hydrogen-bond donors (Lipinski definition) is 2. The van der Waals surface area contributed by atoms with Crippen LogP contribution in [0.3, 0.4) is 0 Å². The van der Waals surface area contributed by atoms with Gasteiger partial charge in [-0.05, 0) is 55.0 Å². The molecule has 0 unspecified atom stereocenters. The number of rotatable bonds is 6. The number of fused-ring (bicyclic) bond motifs is 1. The topological polar surface area (TPSA) is 95.6 Å². The van der Waals surface area contributed by atoms with Gasteiger partial charge in [-0.3, -0.25) is 13.9 Å². The fraction of sp³-hybridized carbons (Fsp3) is 0.130. The number of carbonyl (C=O) groups excluding carboxylic acids is 2. The summed E-state index contributed by atoms with van der Waals surface area (Å²) in [6.07, 6.45) is 0.212. The number of amides is 2. The van der Waals surface area contributed by atoms with E-state index in [1.807, 2.05) is 6.07 Å². The molecule has 0 atom stereocenters. The summed E-state index contributed by atoms with van der Waals surface area (Å²) < 4.78 is 28.1. The smallest absolute Gasteiger partial charge is 0.266 e. The molecule has 0 aromatic heterocycles. The molecule has 8 heteroatoms. The fourth-order valence-electron chi connectivity index (χ4n) is 3.56. The van der Waals surface area contributed by atoms with E-state index >= 15 is 0 Å². The molecule has 2 amide bonds. The molecule has 1 aliphatic rings. The maximum absolute atomic E-state index is 13.4. The van der Waals surface area contributed by atoms with Crippen molar-refractivity contribution in [1.29, 1.82) is 0 Å². The predicted molar refractivity (Wildman–Crippen MR) is 120 cm³/mol. The average molecular weight is 436 g/mol. The van der Waals surface area contributed by atoms with Crippen molar-refractivity contribution in [2.45, 2.75) is 18.2 Å². The fourth-order valence-corrected chi connectivity index (χ4v) is 5.19. The summed E-state index contributed by atoms with van der Waals surface area (Å²) in [5.74, 6) is -0.572. The molecule has 2 N–H and O–H groups in total. The zero-order chi connectivity index (χ0) is 22.0. The monoisotopic (exact) mass is 435 g/mol. The SMILES string of the molecule is CCN(c1ccccc1)S(=O)(=O)c1ccccc1NC(=O)c1ccc2c(c1)CC(=O)N2. The molecule has 7 nitrogen and oxygen atoms in total. The van der Waals surface area contributed by atoms with Crippen molar-refractivity contribution in [3.05, 3.63) is 83.9 Å². The van der Waals surface area contributed by atoms with Gasteiger partial charge in [-0.15, -0.1) is 0 Å². The van der Waals surface area contributed by atoms with E-state index in [2.05, 4.69) is 10.6 Å². The Kier molecular flexibility index (Phi) is 5.48. The Balaban J connectivity index is 1.65. The molecular formula is C23H21N3O4S. The van der Waals surface area contributed by atoms with Crippen molar-refractivity contribution in [3.8, 4) is 0 Å². The van der Waals surface area contributed by atoms with E-state index in [0.717, 1.165) is 5.56 Å². The van der Waals surface area contributed by atoms with Gasteiger partial charge >= 0.3 is 0 Å². The van der Waals surface area contributed by atoms with E-state index in [0.29, 0.717) is 16.9 Å². The summed E-state index contributed by atoms with van der Waals surface area (Å²) in [6.45, 7) is 1.99. The first kappa shape index (κ1) is 20.6. The van der Waals surface area contributed by atoms with Crippen molar-refractivity contribution in [3.63, 3.8) is 0 Å². The van der Waals surface area contributed by atoms with Crippen LogP contribution in [0.25, 0.3) is 0 Å². The van der Waals surface area contributed by atoms with Gasteiger partial charge < -0.3 is 10.6 Å². The standard InChI is InChI=1S/C23H21N3O4S/c1-2-26(18-8-4-3-5-9-18)31(29,30)21-11-7-6-10-20(21)25-23(28)16-12-13-19-17(14-16)15-22(27)24-19/h3-14H,2,15H2,1H3,(H,24,27)(H,25,28). The van der Waals surface area contributed by atoms with Gasteiger partial charge in [0, 0.05) is 17.8 Å². The highest BCUT2D eigenvalue weighted by Gasteiger charge is 2.27. The van der Waals surface area contributed by atoms with Crippen LogP contribution in [0.4, 0.5) is 17.1 Å². The molecule has 0 radical (unpaired) electrons. The zero-order valence-electron chi connectivity index (χ0n) is 16.8. The second-order valence-electron chi connectivity index (χ2n) is 7.05. The minimum absolute atomic E-state index is 0.00653. The van der Waals surface area contributed by atoms with Crippen LogP contribution in [-0.2, 0) is 21.2 Å². The van der Waals surface area contributed by atoms with Crippen LogP contribution >= 0.6 is 0 Å². The van der Waals surface area contributed by atoms with E-state index in [9.17, 15) is 18.0 Å². The third-order valence-corrected chi connectivity index (χ3v) is 6.99. The van der Waals surface area contributed by atoms with Crippen LogP contribution in [-0.4, -0.2) is 26.8 Å². The van der Waals surface area contributed by atoms with Crippen LogP contribution in [0, 0.1) is 0 Å². The van der Waals surface area contributed by atoms with Gasteiger partial charge in [0.2, 0.25) is 5.91 Å². The molecule has 0 spiro atoms. The Morgan fingerprint density at radius 3 is 2.48 bits per heavy atom. The predicted octanol–water partition coefficient (Wildman–Crippen LogP) is 3.65. The summed E-state index contributed by atoms with van der Waals surface area (Å²) in [4.78, 5) is 24.4. The number of nitrogens with zero attached hydrogens (tertiary/aromatic N) is 1. The molecule has 158 valence electrons. The Hall–Kier alpha value is -3.65. The Bertz CT molecular complexity index is 1260. The van der Waals surface area contributed by atoms with Gasteiger partial charge in [-0.2, -0.15) is 0 Å². The van der Waals surface area contributed by atoms with Crippen molar-refractivity contribution in [1.82, 2.24) is 0 Å². The quantitative estimate of drug-likeness (QED) is 0.618. The largest absolute Gasteiger partial charge is 0.326 e. The third kappa shape index (κ3) is 4.02. The summed E-state index contributed by atoms with van der Waals surface area (Å²) >= 11 is 0. The minimum Gasteiger partial charge on any atom is -0.326 e. The molecule has 0 aliphatic carbocycles. The normalized spacial score (nSPS) is 12.7. The molecule has 0 bridgehead atoms. The first-order valence-electron chi connectivity index (χ1n) is 9.81. The first-order valence-corrected chi connectivity index (χ1v) is 11.2. The lowest BCUT2D eigenvalue weighted by Gasteiger charge is -2.24. The van der Waals surface area contributed by atoms with E-state index in [-0.39, 0.29) is 29.5 Å². The zero-order valence-corrected chi connectivity index (χ0v) is 17.6. The lowest BCUT2D eigenvalue weighted by molar-refractivity contribution is -0.115. The number of hydrogen-bond acceptors (Lipinski definition) is 4. The summed E-state index contributed by atoms with van der Waals surface area (Å²) in [6, 6.07) is 20.0. The maximum atomic E-state index is 13.4. The highest BCUT2D eigenvalue weighted by molar-refractivity contribution is 7.93. The number of sulfonamides is 1. The molecule has 31 heavy (non-hydrogen) atoms. The molecule has 0 saturated heterocycles. The summed E-state index contributed by atoms with van der Waals surface area (Å²) in [7, 11) is -3.92. The number of benzene rings is 3. The number of nitrogens with one attached hydrogen (secondary N) is 2. The Labute approximate surface area is 180 Å². The molecule has 0 saturated carbocycles. The lowest BCUT2D eigenvalue weighted by atomic mass is 10.1. The van der Waals surface area contributed by atoms with E-state index in [4.69, 9.17) is 0 Å². The third-order valence-electron chi connectivity index (χ3n) is 5.03. The van der Waals surface area contributed by atoms with Crippen molar-refractivity contribution in [2.75, 3.05) is 21.5 Å². The van der Waals surface area contributed by atoms with E-state index in [1.165, 1.54) is 10.4 Å². The van der Waals surface area contributed by atoms with Crippen LogP contribution in [0.2, 0.25) is 0 Å². The van der Waals surface area contributed by atoms with Gasteiger partial charge in [0.05, 0.1) is 17.8 Å². The molecule has 1 heterocycles. The van der Waals surface area contributed by atoms with E-state index in [1.54, 1.807) is 67.6 Å². The molecular weight excluding hydrogens is 414 g/mol.